The second-order valence-corrected chi connectivity index (χ2v) is 4.56. The monoisotopic (exact) mass is 261 g/mol. The second-order valence-electron chi connectivity index (χ2n) is 3.68. The number of aromatic nitrogens is 2. The van der Waals surface area contributed by atoms with Gasteiger partial charge in [-0.3, -0.25) is 0 Å². The van der Waals surface area contributed by atoms with Crippen molar-refractivity contribution >= 4 is 17.6 Å². The molecule has 0 saturated carbocycles. The van der Waals surface area contributed by atoms with Crippen LogP contribution in [0.15, 0.2) is 35.5 Å². The molecule has 94 valence electrons. The maximum absolute atomic E-state index is 5.75. The molecule has 0 aliphatic carbocycles. The number of ether oxygens (including phenoxy) is 1. The molecule has 0 amide bonds. The van der Waals surface area contributed by atoms with Gasteiger partial charge in [0, 0.05) is 11.9 Å². The molecule has 0 bridgehead atoms. The van der Waals surface area contributed by atoms with Crippen molar-refractivity contribution in [1.82, 2.24) is 9.97 Å². The largest absolute Gasteiger partial charge is 0.439 e. The molecule has 1 heterocycles. The lowest BCUT2D eigenvalue weighted by atomic mass is 10.3. The Kier molecular flexibility index (Phi) is 4.04. The van der Waals surface area contributed by atoms with Gasteiger partial charge in [-0.25, -0.2) is 9.97 Å². The molecule has 2 rings (SSSR count). The summed E-state index contributed by atoms with van der Waals surface area (Å²) in [5.74, 6) is 2.13. The van der Waals surface area contributed by atoms with E-state index in [2.05, 4.69) is 15.3 Å². The fourth-order valence-electron chi connectivity index (χ4n) is 1.54. The average molecular weight is 261 g/mol. The number of anilines is 1. The van der Waals surface area contributed by atoms with Gasteiger partial charge in [0.1, 0.15) is 17.9 Å². The number of hydrogen-bond acceptors (Lipinski definition) is 5. The lowest BCUT2D eigenvalue weighted by Gasteiger charge is -2.10. The Hall–Kier alpha value is -1.75. The molecule has 5 heteroatoms. The molecule has 0 spiro atoms. The number of thioether (sulfide) groups is 1. The van der Waals surface area contributed by atoms with Crippen LogP contribution >= 0.6 is 11.8 Å². The minimum Gasteiger partial charge on any atom is -0.439 e. The third-order valence-electron chi connectivity index (χ3n) is 2.55. The van der Waals surface area contributed by atoms with Gasteiger partial charge in [0.25, 0.3) is 0 Å². The summed E-state index contributed by atoms with van der Waals surface area (Å²) in [6.07, 6.45) is 3.54. The lowest BCUT2D eigenvalue weighted by molar-refractivity contribution is 0.457. The smallest absolute Gasteiger partial charge is 0.227 e. The van der Waals surface area contributed by atoms with Gasteiger partial charge in [0.15, 0.2) is 0 Å². The molecule has 0 unspecified atom stereocenters. The standard InChI is InChI=1S/C13H15N3OS/c1-9-12(14-2)15-8-16-13(9)17-10-4-6-11(18-3)7-5-10/h4-8H,1-3H3,(H,14,15,16). The van der Waals surface area contributed by atoms with E-state index in [4.69, 9.17) is 4.74 Å². The molecule has 4 nitrogen and oxygen atoms in total. The third-order valence-corrected chi connectivity index (χ3v) is 3.29. The summed E-state index contributed by atoms with van der Waals surface area (Å²) in [7, 11) is 1.83. The van der Waals surface area contributed by atoms with E-state index in [1.54, 1.807) is 11.8 Å². The van der Waals surface area contributed by atoms with E-state index in [0.717, 1.165) is 17.1 Å². The van der Waals surface area contributed by atoms with Gasteiger partial charge in [-0.15, -0.1) is 11.8 Å². The van der Waals surface area contributed by atoms with E-state index < -0.39 is 0 Å². The third kappa shape index (κ3) is 2.73. The van der Waals surface area contributed by atoms with E-state index in [-0.39, 0.29) is 0 Å². The predicted molar refractivity (Wildman–Crippen MR) is 74.6 cm³/mol. The van der Waals surface area contributed by atoms with E-state index in [9.17, 15) is 0 Å². The van der Waals surface area contributed by atoms with E-state index in [1.165, 1.54) is 11.2 Å². The van der Waals surface area contributed by atoms with Gasteiger partial charge in [-0.05, 0) is 37.4 Å². The Morgan fingerprint density at radius 3 is 2.50 bits per heavy atom. The van der Waals surface area contributed by atoms with Gasteiger partial charge in [0.05, 0.1) is 5.56 Å². The summed E-state index contributed by atoms with van der Waals surface area (Å²) >= 11 is 1.70. The highest BCUT2D eigenvalue weighted by Crippen LogP contribution is 2.27. The molecular formula is C13H15N3OS. The minimum atomic E-state index is 0.575. The maximum atomic E-state index is 5.75. The first-order valence-electron chi connectivity index (χ1n) is 5.56. The summed E-state index contributed by atoms with van der Waals surface area (Å²) in [5, 5.41) is 3.01. The van der Waals surface area contributed by atoms with Gasteiger partial charge in [-0.1, -0.05) is 0 Å². The molecule has 0 atom stereocenters. The van der Waals surface area contributed by atoms with Crippen molar-refractivity contribution < 1.29 is 4.74 Å². The molecule has 1 aromatic carbocycles. The maximum Gasteiger partial charge on any atom is 0.227 e. The zero-order valence-corrected chi connectivity index (χ0v) is 11.4. The van der Waals surface area contributed by atoms with Gasteiger partial charge < -0.3 is 10.1 Å². The Morgan fingerprint density at radius 2 is 1.89 bits per heavy atom. The Balaban J connectivity index is 2.22. The van der Waals surface area contributed by atoms with E-state index in [1.807, 2.05) is 44.5 Å². The predicted octanol–water partition coefficient (Wildman–Crippen LogP) is 3.34. The van der Waals surface area contributed by atoms with Crippen molar-refractivity contribution in [2.75, 3.05) is 18.6 Å². The van der Waals surface area contributed by atoms with Crippen molar-refractivity contribution in [1.29, 1.82) is 0 Å². The van der Waals surface area contributed by atoms with E-state index in [0.29, 0.717) is 5.88 Å². The first-order valence-corrected chi connectivity index (χ1v) is 6.78. The highest BCUT2D eigenvalue weighted by molar-refractivity contribution is 7.98. The Bertz CT molecular complexity index is 528. The first kappa shape index (κ1) is 12.7. The molecule has 0 saturated heterocycles. The first-order chi connectivity index (χ1) is 8.74. The summed E-state index contributed by atoms with van der Waals surface area (Å²) in [5.41, 5.74) is 0.897. The van der Waals surface area contributed by atoms with Crippen LogP contribution in [0.4, 0.5) is 5.82 Å². The van der Waals surface area contributed by atoms with Crippen LogP contribution < -0.4 is 10.1 Å². The van der Waals surface area contributed by atoms with Crippen LogP contribution in [0.5, 0.6) is 11.6 Å². The number of benzene rings is 1. The highest BCUT2D eigenvalue weighted by atomic mass is 32.2. The van der Waals surface area contributed by atoms with Crippen LogP contribution in [-0.2, 0) is 0 Å². The minimum absolute atomic E-state index is 0.575. The number of nitrogens with one attached hydrogen (secondary N) is 1. The zero-order valence-electron chi connectivity index (χ0n) is 10.6. The molecule has 0 aliphatic rings. The lowest BCUT2D eigenvalue weighted by Crippen LogP contribution is -1.99. The van der Waals surface area contributed by atoms with Crippen LogP contribution in [0, 0.1) is 6.92 Å². The van der Waals surface area contributed by atoms with Crippen molar-refractivity contribution in [3.05, 3.63) is 36.2 Å². The van der Waals surface area contributed by atoms with Crippen LogP contribution in [0.2, 0.25) is 0 Å². The van der Waals surface area contributed by atoms with Crippen molar-refractivity contribution in [2.24, 2.45) is 0 Å². The molecule has 2 aromatic rings. The quantitative estimate of drug-likeness (QED) is 0.855. The van der Waals surface area contributed by atoms with E-state index >= 15 is 0 Å². The van der Waals surface area contributed by atoms with Gasteiger partial charge in [-0.2, -0.15) is 0 Å². The number of hydrogen-bond donors (Lipinski definition) is 1. The zero-order chi connectivity index (χ0) is 13.0. The molecule has 18 heavy (non-hydrogen) atoms. The molecule has 0 radical (unpaired) electrons. The van der Waals surface area contributed by atoms with Gasteiger partial charge >= 0.3 is 0 Å². The number of rotatable bonds is 4. The Labute approximate surface area is 111 Å². The van der Waals surface area contributed by atoms with Crippen molar-refractivity contribution in [2.45, 2.75) is 11.8 Å². The fraction of sp³-hybridized carbons (Fsp3) is 0.231. The Morgan fingerprint density at radius 1 is 1.17 bits per heavy atom. The average Bonchev–Trinajstić information content (AvgIpc) is 2.42. The fourth-order valence-corrected chi connectivity index (χ4v) is 1.95. The van der Waals surface area contributed by atoms with Crippen molar-refractivity contribution in [3.63, 3.8) is 0 Å². The summed E-state index contributed by atoms with van der Waals surface area (Å²) in [6.45, 7) is 1.93. The summed E-state index contributed by atoms with van der Waals surface area (Å²) in [4.78, 5) is 9.47. The molecule has 0 aliphatic heterocycles. The molecular weight excluding hydrogens is 246 g/mol. The molecule has 1 N–H and O–H groups in total. The van der Waals surface area contributed by atoms with Crippen LogP contribution in [0.1, 0.15) is 5.56 Å². The molecule has 1 aromatic heterocycles. The van der Waals surface area contributed by atoms with Crippen molar-refractivity contribution in [3.8, 4) is 11.6 Å². The molecule has 0 fully saturated rings. The SMILES string of the molecule is CNc1ncnc(Oc2ccc(SC)cc2)c1C. The normalized spacial score (nSPS) is 10.2. The van der Waals surface area contributed by atoms with Crippen LogP contribution in [0.25, 0.3) is 0 Å². The van der Waals surface area contributed by atoms with Crippen LogP contribution in [-0.4, -0.2) is 23.3 Å². The number of nitrogens with zero attached hydrogens (tertiary/aromatic N) is 2. The summed E-state index contributed by atoms with van der Waals surface area (Å²) < 4.78 is 5.75. The van der Waals surface area contributed by atoms with Crippen LogP contribution in [0.3, 0.4) is 0 Å². The second kappa shape index (κ2) is 5.73. The summed E-state index contributed by atoms with van der Waals surface area (Å²) in [6, 6.07) is 7.92. The highest BCUT2D eigenvalue weighted by Gasteiger charge is 2.07. The topological polar surface area (TPSA) is 47.0 Å². The van der Waals surface area contributed by atoms with Gasteiger partial charge in [0.2, 0.25) is 5.88 Å².